The van der Waals surface area contributed by atoms with Crippen LogP contribution in [-0.2, 0) is 9.09 Å². The summed E-state index contributed by atoms with van der Waals surface area (Å²) in [7, 11) is -2.24. The zero-order chi connectivity index (χ0) is 8.32. The van der Waals surface area contributed by atoms with E-state index in [1.54, 1.807) is 0 Å². The summed E-state index contributed by atoms with van der Waals surface area (Å²) in [4.78, 5) is 0. The van der Waals surface area contributed by atoms with Crippen molar-refractivity contribution in [1.82, 2.24) is 0 Å². The van der Waals surface area contributed by atoms with E-state index in [0.717, 1.165) is 6.42 Å². The molecular formula is C8H15O2P. The average Bonchev–Trinajstić information content (AvgIpc) is 2.28. The van der Waals surface area contributed by atoms with Crippen molar-refractivity contribution in [2.75, 3.05) is 18.9 Å². The van der Waals surface area contributed by atoms with Gasteiger partial charge in [-0.15, -0.1) is 0 Å². The Labute approximate surface area is 68.1 Å². The molecule has 0 saturated carbocycles. The van der Waals surface area contributed by atoms with Gasteiger partial charge in [-0.2, -0.15) is 0 Å². The fourth-order valence-corrected chi connectivity index (χ4v) is 3.48. The van der Waals surface area contributed by atoms with E-state index in [-0.39, 0.29) is 0 Å². The highest BCUT2D eigenvalue weighted by Gasteiger charge is 2.26. The summed E-state index contributed by atoms with van der Waals surface area (Å²) in [6.45, 7) is 4.68. The van der Waals surface area contributed by atoms with E-state index in [0.29, 0.717) is 18.9 Å². The van der Waals surface area contributed by atoms with Crippen molar-refractivity contribution in [2.24, 2.45) is 0 Å². The molecule has 0 aromatic heterocycles. The first kappa shape index (κ1) is 9.02. The van der Waals surface area contributed by atoms with Gasteiger partial charge < -0.3 is 4.52 Å². The van der Waals surface area contributed by atoms with Crippen LogP contribution in [-0.4, -0.2) is 18.9 Å². The lowest BCUT2D eigenvalue weighted by molar-refractivity contribution is 0.317. The molecule has 11 heavy (non-hydrogen) atoms. The highest BCUT2D eigenvalue weighted by molar-refractivity contribution is 7.59. The Morgan fingerprint density at radius 3 is 2.91 bits per heavy atom. The standard InChI is InChI=1S/C8H15O2P/c1-3-5-10-11(9)6-4-8(2)7-11/h4H,3,5-7H2,1-2H3/t11-/m0/s1. The molecule has 1 aliphatic rings. The van der Waals surface area contributed by atoms with Gasteiger partial charge in [-0.1, -0.05) is 18.6 Å². The fraction of sp³-hybridized carbons (Fsp3) is 0.750. The molecule has 1 atom stereocenters. The molecule has 1 heterocycles. The molecule has 0 amide bonds. The van der Waals surface area contributed by atoms with E-state index >= 15 is 0 Å². The maximum Gasteiger partial charge on any atom is 0.210 e. The molecular weight excluding hydrogens is 159 g/mol. The van der Waals surface area contributed by atoms with Crippen molar-refractivity contribution in [1.29, 1.82) is 0 Å². The summed E-state index contributed by atoms with van der Waals surface area (Å²) in [5.41, 5.74) is 1.21. The van der Waals surface area contributed by atoms with Crippen LogP contribution in [0.2, 0.25) is 0 Å². The van der Waals surface area contributed by atoms with Gasteiger partial charge in [0, 0.05) is 12.3 Å². The van der Waals surface area contributed by atoms with Crippen LogP contribution in [0.15, 0.2) is 11.6 Å². The first-order chi connectivity index (χ1) is 5.16. The molecule has 2 nitrogen and oxygen atoms in total. The van der Waals surface area contributed by atoms with Crippen LogP contribution in [0.25, 0.3) is 0 Å². The van der Waals surface area contributed by atoms with E-state index in [4.69, 9.17) is 4.52 Å². The predicted octanol–water partition coefficient (Wildman–Crippen LogP) is 2.65. The Balaban J connectivity index is 2.40. The van der Waals surface area contributed by atoms with E-state index in [9.17, 15) is 4.57 Å². The highest BCUT2D eigenvalue weighted by Crippen LogP contribution is 2.52. The van der Waals surface area contributed by atoms with Crippen molar-refractivity contribution in [3.63, 3.8) is 0 Å². The molecule has 0 aromatic rings. The van der Waals surface area contributed by atoms with Crippen LogP contribution in [0.5, 0.6) is 0 Å². The zero-order valence-electron chi connectivity index (χ0n) is 7.17. The summed E-state index contributed by atoms with van der Waals surface area (Å²) >= 11 is 0. The summed E-state index contributed by atoms with van der Waals surface area (Å²) in [5.74, 6) is 0. The van der Waals surface area contributed by atoms with Gasteiger partial charge in [-0.25, -0.2) is 0 Å². The number of hydrogen-bond donors (Lipinski definition) is 0. The van der Waals surface area contributed by atoms with Crippen molar-refractivity contribution < 1.29 is 9.09 Å². The molecule has 0 fully saturated rings. The van der Waals surface area contributed by atoms with Crippen LogP contribution < -0.4 is 0 Å². The molecule has 0 unspecified atom stereocenters. The largest absolute Gasteiger partial charge is 0.328 e. The monoisotopic (exact) mass is 174 g/mol. The molecule has 0 bridgehead atoms. The maximum atomic E-state index is 11.7. The van der Waals surface area contributed by atoms with Crippen molar-refractivity contribution in [2.45, 2.75) is 20.3 Å². The first-order valence-electron chi connectivity index (χ1n) is 4.04. The second kappa shape index (κ2) is 3.55. The Kier molecular flexibility index (Phi) is 2.91. The van der Waals surface area contributed by atoms with Crippen molar-refractivity contribution in [3.05, 3.63) is 11.6 Å². The summed E-state index contributed by atoms with van der Waals surface area (Å²) in [5, 5.41) is 0. The van der Waals surface area contributed by atoms with Gasteiger partial charge >= 0.3 is 0 Å². The van der Waals surface area contributed by atoms with Crippen molar-refractivity contribution in [3.8, 4) is 0 Å². The summed E-state index contributed by atoms with van der Waals surface area (Å²) in [6.07, 6.45) is 4.30. The third-order valence-electron chi connectivity index (χ3n) is 1.74. The van der Waals surface area contributed by atoms with Gasteiger partial charge in [0.25, 0.3) is 0 Å². The average molecular weight is 174 g/mol. The number of rotatable bonds is 3. The quantitative estimate of drug-likeness (QED) is 0.485. The molecule has 1 aliphatic heterocycles. The van der Waals surface area contributed by atoms with Crippen LogP contribution in [0.3, 0.4) is 0 Å². The molecule has 0 N–H and O–H groups in total. The van der Waals surface area contributed by atoms with Gasteiger partial charge in [0.1, 0.15) is 0 Å². The minimum absolute atomic E-state index is 0.637. The number of hydrogen-bond acceptors (Lipinski definition) is 2. The smallest absolute Gasteiger partial charge is 0.210 e. The highest BCUT2D eigenvalue weighted by atomic mass is 31.2. The first-order valence-corrected chi connectivity index (χ1v) is 6.04. The van der Waals surface area contributed by atoms with Crippen LogP contribution in [0.4, 0.5) is 0 Å². The molecule has 3 heteroatoms. The molecule has 0 radical (unpaired) electrons. The van der Waals surface area contributed by atoms with Crippen LogP contribution in [0, 0.1) is 0 Å². The van der Waals surface area contributed by atoms with E-state index < -0.39 is 7.37 Å². The van der Waals surface area contributed by atoms with Gasteiger partial charge in [0.05, 0.1) is 6.61 Å². The van der Waals surface area contributed by atoms with Gasteiger partial charge in [0.15, 0.2) is 0 Å². The molecule has 0 aliphatic carbocycles. The van der Waals surface area contributed by atoms with Crippen molar-refractivity contribution >= 4 is 7.37 Å². The zero-order valence-corrected chi connectivity index (χ0v) is 8.06. The van der Waals surface area contributed by atoms with Crippen LogP contribution >= 0.6 is 7.37 Å². The normalized spacial score (nSPS) is 30.5. The Morgan fingerprint density at radius 2 is 2.45 bits per heavy atom. The Morgan fingerprint density at radius 1 is 1.73 bits per heavy atom. The summed E-state index contributed by atoms with van der Waals surface area (Å²) < 4.78 is 17.0. The van der Waals surface area contributed by atoms with E-state index in [2.05, 4.69) is 0 Å². The van der Waals surface area contributed by atoms with E-state index in [1.165, 1.54) is 5.57 Å². The fourth-order valence-electron chi connectivity index (χ4n) is 1.16. The Hall–Kier alpha value is -0.0700. The van der Waals surface area contributed by atoms with E-state index in [1.807, 2.05) is 19.9 Å². The third kappa shape index (κ3) is 2.46. The molecule has 64 valence electrons. The molecule has 0 saturated heterocycles. The SMILES string of the molecule is CCCO[P@@]1(=O)CC=C(C)C1. The molecule has 1 rings (SSSR count). The lowest BCUT2D eigenvalue weighted by Crippen LogP contribution is -1.94. The minimum Gasteiger partial charge on any atom is -0.328 e. The summed E-state index contributed by atoms with van der Waals surface area (Å²) in [6, 6.07) is 0. The topological polar surface area (TPSA) is 26.3 Å². The number of allylic oxidation sites excluding steroid dienone is 2. The molecule has 0 spiro atoms. The minimum atomic E-state index is -2.24. The lowest BCUT2D eigenvalue weighted by Gasteiger charge is -2.11. The van der Waals surface area contributed by atoms with Gasteiger partial charge in [-0.3, -0.25) is 4.57 Å². The van der Waals surface area contributed by atoms with Gasteiger partial charge in [-0.05, 0) is 13.3 Å². The van der Waals surface area contributed by atoms with Crippen LogP contribution in [0.1, 0.15) is 20.3 Å². The lowest BCUT2D eigenvalue weighted by atomic mass is 10.3. The predicted molar refractivity (Wildman–Crippen MR) is 47.3 cm³/mol. The molecule has 0 aromatic carbocycles. The Bertz CT molecular complexity index is 208. The second-order valence-corrected chi connectivity index (χ2v) is 5.61. The van der Waals surface area contributed by atoms with Gasteiger partial charge in [0.2, 0.25) is 7.37 Å². The maximum absolute atomic E-state index is 11.7. The third-order valence-corrected chi connectivity index (χ3v) is 4.11. The second-order valence-electron chi connectivity index (χ2n) is 3.04.